The third kappa shape index (κ3) is 7.11. The summed E-state index contributed by atoms with van der Waals surface area (Å²) in [7, 11) is -3.89. The number of rotatable bonds is 6. The van der Waals surface area contributed by atoms with Crippen LogP contribution in [0.4, 0.5) is 4.79 Å². The van der Waals surface area contributed by atoms with E-state index in [4.69, 9.17) is 5.11 Å². The minimum absolute atomic E-state index is 0.0469. The van der Waals surface area contributed by atoms with Gasteiger partial charge in [0.1, 0.15) is 0 Å². The largest absolute Gasteiger partial charge is 0.449 e. The number of carbonyl (C=O) groups is 1. The van der Waals surface area contributed by atoms with Crippen molar-refractivity contribution in [2.75, 3.05) is 19.8 Å². The van der Waals surface area contributed by atoms with Crippen LogP contribution in [0, 0.1) is 5.92 Å². The Kier molecular flexibility index (Phi) is 6.21. The second-order valence-corrected chi connectivity index (χ2v) is 4.46. The van der Waals surface area contributed by atoms with Crippen LogP contribution >= 0.6 is 0 Å². The highest BCUT2D eigenvalue weighted by Gasteiger charge is 2.15. The molecule has 15 heavy (non-hydrogen) atoms. The lowest BCUT2D eigenvalue weighted by Gasteiger charge is -2.10. The molecule has 0 aromatic heterocycles. The lowest BCUT2D eigenvalue weighted by Crippen LogP contribution is -2.42. The van der Waals surface area contributed by atoms with Crippen LogP contribution in [-0.2, 0) is 14.9 Å². The minimum Gasteiger partial charge on any atom is -0.449 e. The van der Waals surface area contributed by atoms with Crippen molar-refractivity contribution in [3.63, 3.8) is 0 Å². The molecule has 0 saturated carbocycles. The van der Waals surface area contributed by atoms with Crippen LogP contribution in [0.3, 0.4) is 0 Å². The average molecular weight is 240 g/mol. The van der Waals surface area contributed by atoms with Crippen LogP contribution in [0.25, 0.3) is 0 Å². The van der Waals surface area contributed by atoms with Gasteiger partial charge in [-0.15, -0.1) is 0 Å². The normalized spacial score (nSPS) is 13.3. The number of nitrogens with one attached hydrogen (secondary N) is 2. The molecule has 0 aliphatic carbocycles. The van der Waals surface area contributed by atoms with E-state index in [-0.39, 0.29) is 25.7 Å². The summed E-state index contributed by atoms with van der Waals surface area (Å²) < 4.78 is 30.4. The second-order valence-electron chi connectivity index (χ2n) is 2.96. The molecule has 0 aromatic carbocycles. The molecule has 1 amide bonds. The highest BCUT2D eigenvalue weighted by atomic mass is 32.2. The van der Waals surface area contributed by atoms with Gasteiger partial charge in [-0.1, -0.05) is 6.92 Å². The van der Waals surface area contributed by atoms with Gasteiger partial charge in [-0.3, -0.25) is 0 Å². The Morgan fingerprint density at radius 1 is 1.53 bits per heavy atom. The fourth-order valence-corrected chi connectivity index (χ4v) is 1.48. The van der Waals surface area contributed by atoms with Gasteiger partial charge in [-0.25, -0.2) is 9.52 Å². The van der Waals surface area contributed by atoms with Gasteiger partial charge in [0.25, 0.3) is 0 Å². The number of aliphatic hydroxyl groups excluding tert-OH is 1. The van der Waals surface area contributed by atoms with E-state index in [1.807, 2.05) is 0 Å². The van der Waals surface area contributed by atoms with Gasteiger partial charge in [0.2, 0.25) is 0 Å². The monoisotopic (exact) mass is 240 g/mol. The number of aliphatic hydroxyl groups is 1. The molecule has 0 bridgehead atoms. The van der Waals surface area contributed by atoms with Crippen molar-refractivity contribution in [3.8, 4) is 0 Å². The predicted octanol–water partition coefficient (Wildman–Crippen LogP) is -0.805. The first-order chi connectivity index (χ1) is 6.91. The summed E-state index contributed by atoms with van der Waals surface area (Å²) in [5.41, 5.74) is 0. The molecular weight excluding hydrogens is 224 g/mol. The van der Waals surface area contributed by atoms with Gasteiger partial charge in [-0.05, 0) is 12.8 Å². The molecule has 1 atom stereocenters. The fraction of sp³-hybridized carbons (Fsp3) is 0.857. The number of carbonyl (C=O) groups excluding carboxylic acids is 1. The van der Waals surface area contributed by atoms with E-state index < -0.39 is 16.3 Å². The van der Waals surface area contributed by atoms with E-state index in [2.05, 4.69) is 9.46 Å². The summed E-state index contributed by atoms with van der Waals surface area (Å²) in [5.74, 6) is -0.219. The maximum Gasteiger partial charge on any atom is 0.421 e. The SMILES string of the molecule is CCOC(=O)NS(=O)(=O)NCC(C)CO. The van der Waals surface area contributed by atoms with E-state index in [1.165, 1.54) is 0 Å². The van der Waals surface area contributed by atoms with Gasteiger partial charge in [-0.2, -0.15) is 13.1 Å². The Morgan fingerprint density at radius 2 is 2.13 bits per heavy atom. The van der Waals surface area contributed by atoms with Crippen molar-refractivity contribution >= 4 is 16.3 Å². The molecule has 0 aliphatic rings. The molecule has 0 heterocycles. The summed E-state index contributed by atoms with van der Waals surface area (Å²) in [4.78, 5) is 10.8. The van der Waals surface area contributed by atoms with Gasteiger partial charge >= 0.3 is 16.3 Å². The van der Waals surface area contributed by atoms with Crippen molar-refractivity contribution in [2.45, 2.75) is 13.8 Å². The zero-order chi connectivity index (χ0) is 11.9. The lowest BCUT2D eigenvalue weighted by molar-refractivity contribution is 0.158. The van der Waals surface area contributed by atoms with Crippen LogP contribution in [0.15, 0.2) is 0 Å². The smallest absolute Gasteiger partial charge is 0.421 e. The Balaban J connectivity index is 4.03. The van der Waals surface area contributed by atoms with Crippen LogP contribution in [0.2, 0.25) is 0 Å². The molecule has 8 heteroatoms. The third-order valence-electron chi connectivity index (χ3n) is 1.43. The third-order valence-corrected chi connectivity index (χ3v) is 2.41. The van der Waals surface area contributed by atoms with E-state index in [0.717, 1.165) is 0 Å². The van der Waals surface area contributed by atoms with Gasteiger partial charge in [0, 0.05) is 13.2 Å². The van der Waals surface area contributed by atoms with Crippen LogP contribution in [0.5, 0.6) is 0 Å². The topological polar surface area (TPSA) is 105 Å². The highest BCUT2D eigenvalue weighted by molar-refractivity contribution is 7.88. The zero-order valence-electron chi connectivity index (χ0n) is 8.69. The molecule has 0 radical (unpaired) electrons. The molecule has 0 saturated heterocycles. The first-order valence-electron chi connectivity index (χ1n) is 4.46. The van der Waals surface area contributed by atoms with E-state index >= 15 is 0 Å². The molecule has 0 aliphatic heterocycles. The quantitative estimate of drug-likeness (QED) is 0.563. The van der Waals surface area contributed by atoms with E-state index in [9.17, 15) is 13.2 Å². The molecular formula is C7H16N2O5S. The average Bonchev–Trinajstić information content (AvgIpc) is 2.13. The number of hydrogen-bond acceptors (Lipinski definition) is 5. The number of hydrogen-bond donors (Lipinski definition) is 3. The van der Waals surface area contributed by atoms with E-state index in [1.54, 1.807) is 18.6 Å². The molecule has 0 fully saturated rings. The maximum atomic E-state index is 11.1. The van der Waals surface area contributed by atoms with Crippen molar-refractivity contribution in [1.29, 1.82) is 0 Å². The number of ether oxygens (including phenoxy) is 1. The standard InChI is InChI=1S/C7H16N2O5S/c1-3-14-7(11)9-15(12,13)8-4-6(2)5-10/h6,8,10H,3-5H2,1-2H3,(H,9,11). The molecule has 90 valence electrons. The first-order valence-corrected chi connectivity index (χ1v) is 5.94. The van der Waals surface area contributed by atoms with Crippen molar-refractivity contribution in [1.82, 2.24) is 9.44 Å². The lowest BCUT2D eigenvalue weighted by atomic mass is 10.2. The van der Waals surface area contributed by atoms with E-state index in [0.29, 0.717) is 0 Å². The molecule has 0 aromatic rings. The molecule has 3 N–H and O–H groups in total. The Labute approximate surface area is 89.0 Å². The Hall–Kier alpha value is -0.860. The summed E-state index contributed by atoms with van der Waals surface area (Å²) >= 11 is 0. The van der Waals surface area contributed by atoms with Crippen LogP contribution < -0.4 is 9.44 Å². The summed E-state index contributed by atoms with van der Waals surface area (Å²) in [6.07, 6.45) is -1.03. The maximum absolute atomic E-state index is 11.1. The van der Waals surface area contributed by atoms with Crippen molar-refractivity contribution < 1.29 is 23.1 Å². The van der Waals surface area contributed by atoms with Crippen molar-refractivity contribution in [2.24, 2.45) is 5.92 Å². The zero-order valence-corrected chi connectivity index (χ0v) is 9.50. The fourth-order valence-electron chi connectivity index (χ4n) is 0.623. The van der Waals surface area contributed by atoms with Crippen LogP contribution in [0.1, 0.15) is 13.8 Å². The Bertz CT molecular complexity index is 290. The molecule has 7 nitrogen and oxygen atoms in total. The van der Waals surface area contributed by atoms with Gasteiger partial charge in [0.05, 0.1) is 6.61 Å². The minimum atomic E-state index is -3.89. The molecule has 0 rings (SSSR count). The summed E-state index contributed by atoms with van der Waals surface area (Å²) in [5, 5.41) is 8.65. The summed E-state index contributed by atoms with van der Waals surface area (Å²) in [6, 6.07) is 0. The molecule has 0 spiro atoms. The Morgan fingerprint density at radius 3 is 2.60 bits per heavy atom. The predicted molar refractivity (Wildman–Crippen MR) is 53.3 cm³/mol. The molecule has 1 unspecified atom stereocenters. The van der Waals surface area contributed by atoms with Gasteiger partial charge < -0.3 is 9.84 Å². The summed E-state index contributed by atoms with van der Waals surface area (Å²) in [6.45, 7) is 3.22. The number of amides is 1. The van der Waals surface area contributed by atoms with Crippen molar-refractivity contribution in [3.05, 3.63) is 0 Å². The highest BCUT2D eigenvalue weighted by Crippen LogP contribution is 1.90. The second kappa shape index (κ2) is 6.59. The van der Waals surface area contributed by atoms with Gasteiger partial charge in [0.15, 0.2) is 0 Å². The first kappa shape index (κ1) is 14.1. The van der Waals surface area contributed by atoms with Crippen LogP contribution in [-0.4, -0.2) is 39.4 Å².